The summed E-state index contributed by atoms with van der Waals surface area (Å²) in [6, 6.07) is 16.1. The maximum atomic E-state index is 13.1. The first-order valence-corrected chi connectivity index (χ1v) is 10.8. The number of ether oxygens (including phenoxy) is 1. The lowest BCUT2D eigenvalue weighted by Gasteiger charge is -2.14. The minimum atomic E-state index is -1.07. The third kappa shape index (κ3) is 5.21. The van der Waals surface area contributed by atoms with Crippen LogP contribution in [0.1, 0.15) is 10.5 Å². The molecule has 35 heavy (non-hydrogen) atoms. The molecule has 3 aromatic carbocycles. The van der Waals surface area contributed by atoms with Gasteiger partial charge in [0.25, 0.3) is 5.91 Å². The number of rotatable bonds is 5. The molecular formula is C24H17Cl2FN4O4. The van der Waals surface area contributed by atoms with Crippen molar-refractivity contribution >= 4 is 63.2 Å². The van der Waals surface area contributed by atoms with Crippen molar-refractivity contribution in [2.24, 2.45) is 0 Å². The Bertz CT molecular complexity index is 1450. The van der Waals surface area contributed by atoms with Crippen molar-refractivity contribution in [2.45, 2.75) is 0 Å². The van der Waals surface area contributed by atoms with E-state index in [1.807, 2.05) is 0 Å². The molecule has 0 aliphatic rings. The van der Waals surface area contributed by atoms with Gasteiger partial charge in [-0.05, 0) is 54.6 Å². The fraction of sp³-hybridized carbons (Fsp3) is 0.0417. The summed E-state index contributed by atoms with van der Waals surface area (Å²) in [7, 11) is 1.44. The van der Waals surface area contributed by atoms with Crippen molar-refractivity contribution in [3.05, 3.63) is 88.3 Å². The molecule has 4 aromatic rings. The zero-order valence-corrected chi connectivity index (χ0v) is 19.6. The summed E-state index contributed by atoms with van der Waals surface area (Å²) in [6.45, 7) is 0. The Hall–Kier alpha value is -4.08. The van der Waals surface area contributed by atoms with Crippen LogP contribution in [0.25, 0.3) is 10.9 Å². The minimum absolute atomic E-state index is 0.0125. The summed E-state index contributed by atoms with van der Waals surface area (Å²) in [4.78, 5) is 38.3. The molecule has 1 heterocycles. The molecule has 0 saturated carbocycles. The fourth-order valence-corrected chi connectivity index (χ4v) is 3.62. The van der Waals surface area contributed by atoms with E-state index in [2.05, 4.69) is 16.1 Å². The van der Waals surface area contributed by atoms with Gasteiger partial charge in [0.1, 0.15) is 22.8 Å². The Labute approximate surface area is 208 Å². The van der Waals surface area contributed by atoms with Crippen molar-refractivity contribution in [3.63, 3.8) is 0 Å². The Morgan fingerprint density at radius 1 is 0.857 bits per heavy atom. The number of hydrogen-bond donors (Lipinski definition) is 3. The molecule has 1 aromatic heterocycles. The van der Waals surface area contributed by atoms with Gasteiger partial charge in [0.05, 0.1) is 17.2 Å². The van der Waals surface area contributed by atoms with E-state index < -0.39 is 23.5 Å². The summed E-state index contributed by atoms with van der Waals surface area (Å²) in [5, 5.41) is 6.19. The van der Waals surface area contributed by atoms with E-state index in [9.17, 15) is 18.8 Å². The molecule has 8 nitrogen and oxygen atoms in total. The molecule has 0 aliphatic heterocycles. The second kappa shape index (κ2) is 10.0. The lowest BCUT2D eigenvalue weighted by atomic mass is 10.2. The van der Waals surface area contributed by atoms with Crippen LogP contribution in [0.2, 0.25) is 10.0 Å². The van der Waals surface area contributed by atoms with Crippen LogP contribution in [0.3, 0.4) is 0 Å². The molecule has 4 rings (SSSR count). The highest BCUT2D eigenvalue weighted by atomic mass is 35.5. The van der Waals surface area contributed by atoms with Gasteiger partial charge in [-0.3, -0.25) is 19.8 Å². The second-order valence-corrected chi connectivity index (χ2v) is 8.06. The number of methoxy groups -OCH3 is 1. The Morgan fingerprint density at radius 3 is 2.26 bits per heavy atom. The highest BCUT2D eigenvalue weighted by Crippen LogP contribution is 2.29. The molecule has 0 spiro atoms. The van der Waals surface area contributed by atoms with Gasteiger partial charge in [-0.25, -0.2) is 9.07 Å². The third-order valence-corrected chi connectivity index (χ3v) is 5.68. The number of hydrogen-bond acceptors (Lipinski definition) is 4. The summed E-state index contributed by atoms with van der Waals surface area (Å²) in [5.41, 5.74) is 3.39. The number of nitrogens with zero attached hydrogens (tertiary/aromatic N) is 1. The van der Waals surface area contributed by atoms with E-state index in [0.29, 0.717) is 27.4 Å². The van der Waals surface area contributed by atoms with Gasteiger partial charge < -0.3 is 15.4 Å². The number of aromatic nitrogens is 1. The lowest BCUT2D eigenvalue weighted by Crippen LogP contribution is -2.36. The molecule has 0 saturated heterocycles. The first-order valence-electron chi connectivity index (χ1n) is 10.1. The SMILES string of the molecule is COc1cccc2cc(C(=O)Nc3ccc(Cl)c(Cl)c3)n(NC(=O)C(=O)Nc3ccc(F)cc3)c12. The molecule has 0 aliphatic carbocycles. The molecule has 3 amide bonds. The van der Waals surface area contributed by atoms with E-state index in [-0.39, 0.29) is 16.4 Å². The minimum Gasteiger partial charge on any atom is -0.494 e. The number of carbonyl (C=O) groups is 3. The molecule has 11 heteroatoms. The average Bonchev–Trinajstić information content (AvgIpc) is 3.21. The van der Waals surface area contributed by atoms with Gasteiger partial charge in [0.2, 0.25) is 0 Å². The summed E-state index contributed by atoms with van der Waals surface area (Å²) in [6.07, 6.45) is 0. The van der Waals surface area contributed by atoms with E-state index in [4.69, 9.17) is 27.9 Å². The van der Waals surface area contributed by atoms with E-state index >= 15 is 0 Å². The van der Waals surface area contributed by atoms with Crippen molar-refractivity contribution in [3.8, 4) is 5.75 Å². The van der Waals surface area contributed by atoms with Crippen LogP contribution in [0.5, 0.6) is 5.75 Å². The van der Waals surface area contributed by atoms with Crippen LogP contribution in [-0.4, -0.2) is 29.5 Å². The van der Waals surface area contributed by atoms with Crippen molar-refractivity contribution in [1.29, 1.82) is 0 Å². The van der Waals surface area contributed by atoms with Crippen LogP contribution in [0, 0.1) is 5.82 Å². The maximum absolute atomic E-state index is 13.1. The Balaban J connectivity index is 1.66. The zero-order chi connectivity index (χ0) is 25.1. The lowest BCUT2D eigenvalue weighted by molar-refractivity contribution is -0.133. The zero-order valence-electron chi connectivity index (χ0n) is 18.1. The summed E-state index contributed by atoms with van der Waals surface area (Å²) >= 11 is 12.0. The molecule has 0 atom stereocenters. The Kier molecular flexibility index (Phi) is 6.90. The normalized spacial score (nSPS) is 10.6. The van der Waals surface area contributed by atoms with Gasteiger partial charge in [0, 0.05) is 16.8 Å². The van der Waals surface area contributed by atoms with Crippen molar-refractivity contribution in [1.82, 2.24) is 4.68 Å². The first kappa shape index (κ1) is 24.1. The van der Waals surface area contributed by atoms with E-state index in [1.165, 1.54) is 37.4 Å². The first-order chi connectivity index (χ1) is 16.8. The number of carbonyl (C=O) groups excluding carboxylic acids is 3. The van der Waals surface area contributed by atoms with E-state index in [0.717, 1.165) is 16.8 Å². The second-order valence-electron chi connectivity index (χ2n) is 7.25. The Morgan fingerprint density at radius 2 is 1.57 bits per heavy atom. The quantitative estimate of drug-likeness (QED) is 0.324. The maximum Gasteiger partial charge on any atom is 0.328 e. The third-order valence-electron chi connectivity index (χ3n) is 4.94. The number of para-hydroxylation sites is 1. The molecule has 0 unspecified atom stereocenters. The largest absolute Gasteiger partial charge is 0.494 e. The van der Waals surface area contributed by atoms with Crippen LogP contribution in [0.4, 0.5) is 15.8 Å². The standard InChI is InChI=1S/C24H17Cl2FN4O4/c1-35-20-4-2-3-13-11-19(22(32)29-16-9-10-17(25)18(26)12-16)31(21(13)20)30-24(34)23(33)28-15-7-5-14(27)6-8-15/h2-12H,1H3,(H,28,33)(H,29,32)(H,30,34). The van der Waals surface area contributed by atoms with Gasteiger partial charge in [0.15, 0.2) is 0 Å². The molecular weight excluding hydrogens is 498 g/mol. The summed E-state index contributed by atoms with van der Waals surface area (Å²) < 4.78 is 19.7. The number of fused-ring (bicyclic) bond motifs is 1. The van der Waals surface area contributed by atoms with Crippen molar-refractivity contribution in [2.75, 3.05) is 23.2 Å². The van der Waals surface area contributed by atoms with Crippen LogP contribution in [0.15, 0.2) is 66.7 Å². The highest BCUT2D eigenvalue weighted by molar-refractivity contribution is 6.43. The van der Waals surface area contributed by atoms with Crippen molar-refractivity contribution < 1.29 is 23.5 Å². The number of benzene rings is 3. The van der Waals surface area contributed by atoms with Gasteiger partial charge in [-0.1, -0.05) is 35.3 Å². The summed E-state index contributed by atoms with van der Waals surface area (Å²) in [5.74, 6) is -2.82. The fourth-order valence-electron chi connectivity index (χ4n) is 3.32. The van der Waals surface area contributed by atoms with E-state index in [1.54, 1.807) is 24.3 Å². The van der Waals surface area contributed by atoms with Gasteiger partial charge in [-0.15, -0.1) is 0 Å². The smallest absolute Gasteiger partial charge is 0.328 e. The highest BCUT2D eigenvalue weighted by Gasteiger charge is 2.23. The average molecular weight is 515 g/mol. The molecule has 3 N–H and O–H groups in total. The number of nitrogens with one attached hydrogen (secondary N) is 3. The van der Waals surface area contributed by atoms with Crippen LogP contribution < -0.4 is 20.8 Å². The topological polar surface area (TPSA) is 101 Å². The molecule has 178 valence electrons. The molecule has 0 bridgehead atoms. The number of anilines is 2. The van der Waals surface area contributed by atoms with Gasteiger partial charge >= 0.3 is 11.8 Å². The molecule has 0 radical (unpaired) electrons. The predicted octanol–water partition coefficient (Wildman–Crippen LogP) is 5.06. The van der Waals surface area contributed by atoms with Crippen LogP contribution >= 0.6 is 23.2 Å². The predicted molar refractivity (Wildman–Crippen MR) is 132 cm³/mol. The van der Waals surface area contributed by atoms with Gasteiger partial charge in [-0.2, -0.15) is 0 Å². The number of amides is 3. The molecule has 0 fully saturated rings. The monoisotopic (exact) mass is 514 g/mol. The van der Waals surface area contributed by atoms with Crippen LogP contribution in [-0.2, 0) is 9.59 Å². The number of halogens is 3.